The van der Waals surface area contributed by atoms with Crippen LogP contribution in [0.1, 0.15) is 37.5 Å². The second kappa shape index (κ2) is 8.84. The van der Waals surface area contributed by atoms with E-state index in [1.807, 2.05) is 0 Å². The monoisotopic (exact) mass is 387 g/mol. The molecule has 3 aromatic rings. The largest absolute Gasteiger partial charge is 0.294 e. The van der Waals surface area contributed by atoms with Gasteiger partial charge in [0.05, 0.1) is 10.8 Å². The van der Waals surface area contributed by atoms with Crippen LogP contribution in [0.2, 0.25) is 0 Å². The number of nitro groups is 1. The van der Waals surface area contributed by atoms with Crippen molar-refractivity contribution in [3.63, 3.8) is 0 Å². The number of benzene rings is 3. The van der Waals surface area contributed by atoms with E-state index >= 15 is 0 Å². The molecule has 0 bridgehead atoms. The summed E-state index contributed by atoms with van der Waals surface area (Å²) in [5.74, 6) is -2.48. The molecule has 0 unspecified atom stereocenters. The van der Waals surface area contributed by atoms with E-state index in [0.29, 0.717) is 11.1 Å². The van der Waals surface area contributed by atoms with Crippen molar-refractivity contribution in [1.82, 2.24) is 0 Å². The lowest BCUT2D eigenvalue weighted by Crippen LogP contribution is -2.27. The topological polar surface area (TPSA) is 94.3 Å². The fourth-order valence-corrected chi connectivity index (χ4v) is 2.98. The molecule has 0 heterocycles. The number of nitro benzene ring substituents is 1. The third-order valence-electron chi connectivity index (χ3n) is 4.54. The van der Waals surface area contributed by atoms with Crippen molar-refractivity contribution in [2.24, 2.45) is 5.92 Å². The third-order valence-corrected chi connectivity index (χ3v) is 4.54. The molecule has 0 aliphatic carbocycles. The summed E-state index contributed by atoms with van der Waals surface area (Å²) in [4.78, 5) is 49.0. The molecular formula is C23H17NO5. The summed E-state index contributed by atoms with van der Waals surface area (Å²) in [5.41, 5.74) is 0.762. The van der Waals surface area contributed by atoms with Crippen LogP contribution in [0.25, 0.3) is 0 Å². The number of nitrogens with zero attached hydrogens (tertiary/aromatic N) is 1. The number of rotatable bonds is 8. The summed E-state index contributed by atoms with van der Waals surface area (Å²) >= 11 is 0. The van der Waals surface area contributed by atoms with E-state index in [0.717, 1.165) is 0 Å². The zero-order valence-corrected chi connectivity index (χ0v) is 15.4. The average Bonchev–Trinajstić information content (AvgIpc) is 2.77. The minimum Gasteiger partial charge on any atom is -0.294 e. The van der Waals surface area contributed by atoms with Gasteiger partial charge < -0.3 is 0 Å². The highest BCUT2D eigenvalue weighted by Crippen LogP contribution is 2.22. The number of hydrogen-bond acceptors (Lipinski definition) is 5. The van der Waals surface area contributed by atoms with Crippen molar-refractivity contribution in [2.75, 3.05) is 0 Å². The Morgan fingerprint density at radius 2 is 1.14 bits per heavy atom. The standard InChI is InChI=1S/C23H17NO5/c25-21(16-11-13-19(14-12-16)24(28)29)15-20(22(26)17-7-3-1-4-8-17)23(27)18-9-5-2-6-10-18/h1-14,20H,15H2. The first-order valence-electron chi connectivity index (χ1n) is 8.93. The molecule has 0 aromatic heterocycles. The Balaban J connectivity index is 1.90. The van der Waals surface area contributed by atoms with Gasteiger partial charge in [-0.05, 0) is 12.1 Å². The van der Waals surface area contributed by atoms with Crippen molar-refractivity contribution < 1.29 is 19.3 Å². The molecule has 6 nitrogen and oxygen atoms in total. The quantitative estimate of drug-likeness (QED) is 0.245. The number of non-ortho nitro benzene ring substituents is 1. The Bertz CT molecular complexity index is 992. The lowest BCUT2D eigenvalue weighted by Gasteiger charge is -2.15. The molecule has 0 saturated heterocycles. The van der Waals surface area contributed by atoms with Crippen LogP contribution in [0.3, 0.4) is 0 Å². The maximum absolute atomic E-state index is 13.0. The molecule has 0 amide bonds. The van der Waals surface area contributed by atoms with Gasteiger partial charge in [-0.15, -0.1) is 0 Å². The Hall–Kier alpha value is -3.93. The van der Waals surface area contributed by atoms with Gasteiger partial charge in [0.25, 0.3) is 5.69 Å². The van der Waals surface area contributed by atoms with Crippen molar-refractivity contribution in [1.29, 1.82) is 0 Å². The summed E-state index contributed by atoms with van der Waals surface area (Å²) in [5, 5.41) is 10.8. The highest BCUT2D eigenvalue weighted by Gasteiger charge is 2.31. The summed E-state index contributed by atoms with van der Waals surface area (Å²) in [6.07, 6.45) is -0.320. The first kappa shape index (κ1) is 19.8. The fraction of sp³-hybridized carbons (Fsp3) is 0.0870. The van der Waals surface area contributed by atoms with Gasteiger partial charge in [0, 0.05) is 35.2 Å². The maximum Gasteiger partial charge on any atom is 0.269 e. The second-order valence-electron chi connectivity index (χ2n) is 6.44. The Morgan fingerprint density at radius 3 is 1.55 bits per heavy atom. The van der Waals surface area contributed by atoms with E-state index in [1.54, 1.807) is 60.7 Å². The van der Waals surface area contributed by atoms with E-state index in [4.69, 9.17) is 0 Å². The van der Waals surface area contributed by atoms with Crippen LogP contribution in [0.5, 0.6) is 0 Å². The molecule has 0 saturated carbocycles. The van der Waals surface area contributed by atoms with E-state index in [2.05, 4.69) is 0 Å². The third kappa shape index (κ3) is 4.68. The molecule has 0 fully saturated rings. The zero-order chi connectivity index (χ0) is 20.8. The van der Waals surface area contributed by atoms with Gasteiger partial charge in [0.1, 0.15) is 0 Å². The van der Waals surface area contributed by atoms with Crippen LogP contribution in [0.4, 0.5) is 5.69 Å². The molecular weight excluding hydrogens is 370 g/mol. The van der Waals surface area contributed by atoms with E-state index in [1.165, 1.54) is 24.3 Å². The molecule has 0 atom stereocenters. The van der Waals surface area contributed by atoms with Crippen molar-refractivity contribution in [3.05, 3.63) is 112 Å². The van der Waals surface area contributed by atoms with E-state index < -0.39 is 28.2 Å². The van der Waals surface area contributed by atoms with Crippen LogP contribution in [-0.2, 0) is 0 Å². The molecule has 0 spiro atoms. The molecule has 144 valence electrons. The number of Topliss-reactive ketones (excluding diaryl/α,β-unsaturated/α-hetero) is 3. The lowest BCUT2D eigenvalue weighted by atomic mass is 9.85. The SMILES string of the molecule is O=C(CC(C(=O)c1ccccc1)C(=O)c1ccccc1)c1ccc([N+](=O)[O-])cc1. The zero-order valence-electron chi connectivity index (χ0n) is 15.4. The van der Waals surface area contributed by atoms with Gasteiger partial charge in [-0.25, -0.2) is 0 Å². The summed E-state index contributed by atoms with van der Waals surface area (Å²) in [7, 11) is 0. The molecule has 3 rings (SSSR count). The smallest absolute Gasteiger partial charge is 0.269 e. The predicted octanol–water partition coefficient (Wildman–Crippen LogP) is 4.55. The van der Waals surface area contributed by atoms with Crippen molar-refractivity contribution in [2.45, 2.75) is 6.42 Å². The Labute approximate surface area is 167 Å². The Morgan fingerprint density at radius 1 is 0.690 bits per heavy atom. The first-order valence-corrected chi connectivity index (χ1v) is 8.93. The number of hydrogen-bond donors (Lipinski definition) is 0. The van der Waals surface area contributed by atoms with Crippen LogP contribution in [0.15, 0.2) is 84.9 Å². The Kier molecular flexibility index (Phi) is 6.04. The highest BCUT2D eigenvalue weighted by atomic mass is 16.6. The van der Waals surface area contributed by atoms with Gasteiger partial charge in [0.15, 0.2) is 17.3 Å². The summed E-state index contributed by atoms with van der Waals surface area (Å²) < 4.78 is 0. The van der Waals surface area contributed by atoms with Crippen LogP contribution in [0, 0.1) is 16.0 Å². The predicted molar refractivity (Wildman–Crippen MR) is 107 cm³/mol. The van der Waals surface area contributed by atoms with Gasteiger partial charge in [-0.1, -0.05) is 60.7 Å². The van der Waals surface area contributed by atoms with Gasteiger partial charge in [0.2, 0.25) is 0 Å². The molecule has 0 N–H and O–H groups in total. The average molecular weight is 387 g/mol. The molecule has 0 aliphatic heterocycles. The van der Waals surface area contributed by atoms with Crippen LogP contribution < -0.4 is 0 Å². The van der Waals surface area contributed by atoms with Gasteiger partial charge >= 0.3 is 0 Å². The minimum atomic E-state index is -1.18. The molecule has 0 aliphatic rings. The number of carbonyl (C=O) groups excluding carboxylic acids is 3. The van der Waals surface area contributed by atoms with E-state index in [-0.39, 0.29) is 17.7 Å². The normalized spacial score (nSPS) is 10.5. The lowest BCUT2D eigenvalue weighted by molar-refractivity contribution is -0.384. The number of carbonyl (C=O) groups is 3. The van der Waals surface area contributed by atoms with Crippen LogP contribution in [-0.4, -0.2) is 22.3 Å². The molecule has 6 heteroatoms. The summed E-state index contributed by atoms with van der Waals surface area (Å²) in [6.45, 7) is 0. The first-order chi connectivity index (χ1) is 14.0. The van der Waals surface area contributed by atoms with Crippen molar-refractivity contribution >= 4 is 23.0 Å². The van der Waals surface area contributed by atoms with Crippen molar-refractivity contribution in [3.8, 4) is 0 Å². The van der Waals surface area contributed by atoms with Gasteiger partial charge in [-0.3, -0.25) is 24.5 Å². The fourth-order valence-electron chi connectivity index (χ4n) is 2.98. The second-order valence-corrected chi connectivity index (χ2v) is 6.44. The van der Waals surface area contributed by atoms with Crippen LogP contribution >= 0.6 is 0 Å². The van der Waals surface area contributed by atoms with Gasteiger partial charge in [-0.2, -0.15) is 0 Å². The summed E-state index contributed by atoms with van der Waals surface area (Å²) in [6, 6.07) is 21.8. The number of ketones is 3. The molecule has 29 heavy (non-hydrogen) atoms. The molecule has 0 radical (unpaired) electrons. The maximum atomic E-state index is 13.0. The minimum absolute atomic E-state index is 0.140. The highest BCUT2D eigenvalue weighted by molar-refractivity contribution is 6.18. The van der Waals surface area contributed by atoms with E-state index in [9.17, 15) is 24.5 Å². The molecule has 3 aromatic carbocycles.